The summed E-state index contributed by atoms with van der Waals surface area (Å²) in [7, 11) is 0. The van der Waals surface area contributed by atoms with E-state index in [1.165, 1.54) is 0 Å². The third-order valence-electron chi connectivity index (χ3n) is 2.28. The van der Waals surface area contributed by atoms with Gasteiger partial charge in [0.1, 0.15) is 5.84 Å². The smallest absolute Gasteiger partial charge is 0.409 e. The van der Waals surface area contributed by atoms with Crippen LogP contribution in [0.15, 0.2) is 5.16 Å². The lowest BCUT2D eigenvalue weighted by Gasteiger charge is -2.22. The van der Waals surface area contributed by atoms with Gasteiger partial charge in [-0.2, -0.15) is 13.2 Å². The van der Waals surface area contributed by atoms with E-state index in [1.54, 1.807) is 4.90 Å². The minimum atomic E-state index is -4.50. The summed E-state index contributed by atoms with van der Waals surface area (Å²) in [5.41, 5.74) is 5.37. The van der Waals surface area contributed by atoms with E-state index >= 15 is 0 Å². The SMILES string of the molecule is CC(C)CN(CCC(N)=NO)c1nnc(C(F)(F)F)s1. The van der Waals surface area contributed by atoms with Crippen LogP contribution in [0.4, 0.5) is 18.3 Å². The maximum absolute atomic E-state index is 12.5. The first kappa shape index (κ1) is 16.5. The van der Waals surface area contributed by atoms with Gasteiger partial charge in [0.15, 0.2) is 0 Å². The topological polar surface area (TPSA) is 87.6 Å². The molecule has 1 rings (SSSR count). The first-order chi connectivity index (χ1) is 9.24. The van der Waals surface area contributed by atoms with E-state index in [1.807, 2.05) is 13.8 Å². The monoisotopic (exact) mass is 311 g/mol. The highest BCUT2D eigenvalue weighted by atomic mass is 32.1. The summed E-state index contributed by atoms with van der Waals surface area (Å²) >= 11 is 0.485. The molecule has 0 saturated heterocycles. The molecule has 10 heteroatoms. The van der Waals surface area contributed by atoms with E-state index in [0.29, 0.717) is 24.4 Å². The highest BCUT2D eigenvalue weighted by Gasteiger charge is 2.36. The zero-order chi connectivity index (χ0) is 15.3. The largest absolute Gasteiger partial charge is 0.445 e. The summed E-state index contributed by atoms with van der Waals surface area (Å²) in [5.74, 6) is 0.236. The van der Waals surface area contributed by atoms with Crippen molar-refractivity contribution < 1.29 is 18.4 Å². The molecule has 0 spiro atoms. The molecule has 0 radical (unpaired) electrons. The van der Waals surface area contributed by atoms with Gasteiger partial charge < -0.3 is 15.8 Å². The van der Waals surface area contributed by atoms with Crippen molar-refractivity contribution in [1.29, 1.82) is 0 Å². The molecule has 3 N–H and O–H groups in total. The van der Waals surface area contributed by atoms with Gasteiger partial charge in [0.2, 0.25) is 10.1 Å². The number of hydrogen-bond donors (Lipinski definition) is 2. The van der Waals surface area contributed by atoms with Crippen molar-refractivity contribution in [1.82, 2.24) is 10.2 Å². The fourth-order valence-corrected chi connectivity index (χ4v) is 2.21. The molecule has 6 nitrogen and oxygen atoms in total. The molecule has 0 unspecified atom stereocenters. The Morgan fingerprint density at radius 1 is 1.45 bits per heavy atom. The molecule has 20 heavy (non-hydrogen) atoms. The van der Waals surface area contributed by atoms with E-state index in [4.69, 9.17) is 10.9 Å². The molecule has 0 atom stereocenters. The quantitative estimate of drug-likeness (QED) is 0.364. The molecule has 0 bridgehead atoms. The summed E-state index contributed by atoms with van der Waals surface area (Å²) in [6, 6.07) is 0. The second kappa shape index (κ2) is 6.73. The summed E-state index contributed by atoms with van der Waals surface area (Å²) in [4.78, 5) is 1.65. The summed E-state index contributed by atoms with van der Waals surface area (Å²) in [6.07, 6.45) is -4.27. The molecule has 0 fully saturated rings. The van der Waals surface area contributed by atoms with Crippen molar-refractivity contribution >= 4 is 22.3 Å². The number of rotatable bonds is 6. The van der Waals surface area contributed by atoms with E-state index in [9.17, 15) is 13.2 Å². The number of alkyl halides is 3. The Labute approximate surface area is 118 Å². The van der Waals surface area contributed by atoms with Crippen LogP contribution in [-0.2, 0) is 6.18 Å². The number of amidine groups is 1. The third-order valence-corrected chi connectivity index (χ3v) is 3.31. The van der Waals surface area contributed by atoms with Gasteiger partial charge in [0.25, 0.3) is 0 Å². The maximum Gasteiger partial charge on any atom is 0.445 e. The minimum absolute atomic E-state index is 0.0133. The maximum atomic E-state index is 12.5. The summed E-state index contributed by atoms with van der Waals surface area (Å²) in [6.45, 7) is 4.68. The highest BCUT2D eigenvalue weighted by molar-refractivity contribution is 7.15. The van der Waals surface area contributed by atoms with Crippen LogP contribution in [0.5, 0.6) is 0 Å². The predicted octanol–water partition coefficient (Wildman–Crippen LogP) is 2.16. The normalized spacial score (nSPS) is 13.0. The van der Waals surface area contributed by atoms with Gasteiger partial charge in [-0.15, -0.1) is 10.2 Å². The van der Waals surface area contributed by atoms with Crippen LogP contribution in [0, 0.1) is 5.92 Å². The molecule has 1 heterocycles. The lowest BCUT2D eigenvalue weighted by Crippen LogP contribution is -2.31. The van der Waals surface area contributed by atoms with Crippen LogP contribution in [0.25, 0.3) is 0 Å². The number of oxime groups is 1. The van der Waals surface area contributed by atoms with E-state index < -0.39 is 11.2 Å². The second-order valence-corrected chi connectivity index (χ2v) is 5.52. The predicted molar refractivity (Wildman–Crippen MR) is 70.0 cm³/mol. The van der Waals surface area contributed by atoms with Gasteiger partial charge in [0.05, 0.1) is 0 Å². The van der Waals surface area contributed by atoms with E-state index in [2.05, 4.69) is 15.4 Å². The lowest BCUT2D eigenvalue weighted by molar-refractivity contribution is -0.138. The molecule has 0 aliphatic carbocycles. The molecular formula is C10H16F3N5OS. The third kappa shape index (κ3) is 4.83. The van der Waals surface area contributed by atoms with Crippen molar-refractivity contribution in [2.24, 2.45) is 16.8 Å². The number of nitrogens with two attached hydrogens (primary N) is 1. The average Bonchev–Trinajstić information content (AvgIpc) is 2.82. The fourth-order valence-electron chi connectivity index (χ4n) is 1.46. The number of halogens is 3. The lowest BCUT2D eigenvalue weighted by atomic mass is 10.2. The molecule has 114 valence electrons. The van der Waals surface area contributed by atoms with Crippen LogP contribution in [0.1, 0.15) is 25.3 Å². The van der Waals surface area contributed by atoms with Crippen molar-refractivity contribution in [3.63, 3.8) is 0 Å². The Morgan fingerprint density at radius 2 is 2.10 bits per heavy atom. The van der Waals surface area contributed by atoms with Gasteiger partial charge in [-0.25, -0.2) is 0 Å². The van der Waals surface area contributed by atoms with Crippen molar-refractivity contribution in [2.75, 3.05) is 18.0 Å². The number of nitrogens with zero attached hydrogens (tertiary/aromatic N) is 4. The van der Waals surface area contributed by atoms with Crippen LogP contribution in [0.2, 0.25) is 0 Å². The van der Waals surface area contributed by atoms with Gasteiger partial charge in [-0.3, -0.25) is 0 Å². The van der Waals surface area contributed by atoms with Crippen LogP contribution < -0.4 is 10.6 Å². The summed E-state index contributed by atoms with van der Waals surface area (Å²) in [5, 5.41) is 17.2. The summed E-state index contributed by atoms with van der Waals surface area (Å²) < 4.78 is 37.5. The molecule has 1 aromatic rings. The Bertz CT molecular complexity index is 460. The molecule has 0 aromatic carbocycles. The first-order valence-electron chi connectivity index (χ1n) is 5.86. The number of anilines is 1. The van der Waals surface area contributed by atoms with Crippen molar-refractivity contribution in [2.45, 2.75) is 26.4 Å². The van der Waals surface area contributed by atoms with Gasteiger partial charge in [0, 0.05) is 19.5 Å². The zero-order valence-corrected chi connectivity index (χ0v) is 11.9. The highest BCUT2D eigenvalue weighted by Crippen LogP contribution is 2.34. The molecular weight excluding hydrogens is 295 g/mol. The van der Waals surface area contributed by atoms with Crippen LogP contribution >= 0.6 is 11.3 Å². The van der Waals surface area contributed by atoms with Gasteiger partial charge in [-0.1, -0.05) is 30.3 Å². The number of aromatic nitrogens is 2. The van der Waals surface area contributed by atoms with Crippen molar-refractivity contribution in [3.8, 4) is 0 Å². The fraction of sp³-hybridized carbons (Fsp3) is 0.700. The molecule has 0 aliphatic rings. The zero-order valence-electron chi connectivity index (χ0n) is 11.1. The Kier molecular flexibility index (Phi) is 5.54. The van der Waals surface area contributed by atoms with Gasteiger partial charge >= 0.3 is 6.18 Å². The van der Waals surface area contributed by atoms with Crippen LogP contribution in [0.3, 0.4) is 0 Å². The molecule has 0 aliphatic heterocycles. The standard InChI is InChI=1S/C10H16F3N5OS/c1-6(2)5-18(4-3-7(14)17-19)9-16-15-8(20-9)10(11,12)13/h6,19H,3-5H2,1-2H3,(H2,14,17). The molecule has 1 aromatic heterocycles. The molecule has 0 amide bonds. The van der Waals surface area contributed by atoms with Crippen molar-refractivity contribution in [3.05, 3.63) is 5.01 Å². The second-order valence-electron chi connectivity index (χ2n) is 4.57. The Balaban J connectivity index is 2.84. The minimum Gasteiger partial charge on any atom is -0.409 e. The Hall–Kier alpha value is -1.58. The average molecular weight is 311 g/mol. The first-order valence-corrected chi connectivity index (χ1v) is 6.67. The van der Waals surface area contributed by atoms with Crippen LogP contribution in [-0.4, -0.2) is 34.3 Å². The van der Waals surface area contributed by atoms with E-state index in [0.717, 1.165) is 0 Å². The number of hydrogen-bond acceptors (Lipinski definition) is 6. The van der Waals surface area contributed by atoms with E-state index in [-0.39, 0.29) is 23.3 Å². The Morgan fingerprint density at radius 3 is 2.55 bits per heavy atom. The molecule has 0 saturated carbocycles. The van der Waals surface area contributed by atoms with Gasteiger partial charge in [-0.05, 0) is 5.92 Å².